The summed E-state index contributed by atoms with van der Waals surface area (Å²) in [4.78, 5) is 42.0. The van der Waals surface area contributed by atoms with Gasteiger partial charge in [-0.05, 0) is 22.6 Å². The molecular weight excluding hydrogens is 504 g/mol. The van der Waals surface area contributed by atoms with Gasteiger partial charge >= 0.3 is 0 Å². The Morgan fingerprint density at radius 1 is 0.800 bits per heavy atom. The molecular formula is C31H24N6O3. The summed E-state index contributed by atoms with van der Waals surface area (Å²) in [5, 5.41) is 17.4. The Bertz CT molecular complexity index is 1700. The normalized spacial score (nSPS) is 21.9. The Morgan fingerprint density at radius 3 is 2.30 bits per heavy atom. The Kier molecular flexibility index (Phi) is 5.70. The average Bonchev–Trinajstić information content (AvgIpc) is 3.69. The fraction of sp³-hybridized carbons (Fsp3) is 0.161. The highest BCUT2D eigenvalue weighted by Gasteiger charge is 2.55. The van der Waals surface area contributed by atoms with Crippen molar-refractivity contribution in [3.05, 3.63) is 114 Å². The van der Waals surface area contributed by atoms with Crippen LogP contribution in [0.1, 0.15) is 23.6 Å². The SMILES string of the molecule is O=C1[C@H]2N=NN(CC(=O)N3N=C(c4ccccc4)C[C@@H]3c3ccccc3)[C@@H]2C(=O)N1c1cccc2ccccc12. The van der Waals surface area contributed by atoms with E-state index < -0.39 is 23.9 Å². The number of amides is 3. The van der Waals surface area contributed by atoms with Crippen molar-refractivity contribution in [2.75, 3.05) is 11.4 Å². The van der Waals surface area contributed by atoms with Crippen LogP contribution >= 0.6 is 0 Å². The van der Waals surface area contributed by atoms with Crippen LogP contribution in [0.2, 0.25) is 0 Å². The highest BCUT2D eigenvalue weighted by atomic mass is 16.2. The Balaban J connectivity index is 1.17. The van der Waals surface area contributed by atoms with Gasteiger partial charge in [0.05, 0.1) is 17.4 Å². The first-order valence-electron chi connectivity index (χ1n) is 13.1. The molecule has 3 aliphatic heterocycles. The predicted molar refractivity (Wildman–Crippen MR) is 149 cm³/mol. The molecule has 196 valence electrons. The molecule has 4 aromatic rings. The first-order chi connectivity index (χ1) is 19.6. The van der Waals surface area contributed by atoms with E-state index in [1.54, 1.807) is 6.07 Å². The Hall–Kier alpha value is -5.18. The number of hydrogen-bond donors (Lipinski definition) is 0. The zero-order valence-electron chi connectivity index (χ0n) is 21.4. The van der Waals surface area contributed by atoms with E-state index in [-0.39, 0.29) is 18.5 Å². The van der Waals surface area contributed by atoms with E-state index in [2.05, 4.69) is 10.3 Å². The standard InChI is InChI=1S/C31H24N6O3/c38-27(37-26(22-13-5-2-6-14-22)18-24(33-37)21-11-3-1-4-12-21)19-35-29-28(32-34-35)30(39)36(31(29)40)25-17-9-15-20-10-7-8-16-23(20)25/h1-17,26,28-29H,18-19H2/t26-,28+,29+/m1/s1. The van der Waals surface area contributed by atoms with Crippen molar-refractivity contribution in [3.8, 4) is 0 Å². The van der Waals surface area contributed by atoms with Crippen molar-refractivity contribution in [1.82, 2.24) is 10.0 Å². The molecule has 0 bridgehead atoms. The zero-order valence-corrected chi connectivity index (χ0v) is 21.4. The van der Waals surface area contributed by atoms with Gasteiger partial charge in [0.1, 0.15) is 6.54 Å². The number of hydrazone groups is 1. The quantitative estimate of drug-likeness (QED) is 0.356. The van der Waals surface area contributed by atoms with Crippen LogP contribution in [-0.4, -0.2) is 52.1 Å². The van der Waals surface area contributed by atoms with Crippen LogP contribution in [-0.2, 0) is 14.4 Å². The number of fused-ring (bicyclic) bond motifs is 2. The molecule has 3 atom stereocenters. The summed E-state index contributed by atoms with van der Waals surface area (Å²) in [5.41, 5.74) is 3.21. The van der Waals surface area contributed by atoms with Gasteiger partial charge in [-0.2, -0.15) is 10.2 Å². The molecule has 0 spiro atoms. The van der Waals surface area contributed by atoms with Gasteiger partial charge < -0.3 is 0 Å². The van der Waals surface area contributed by atoms with Crippen LogP contribution in [0.15, 0.2) is 119 Å². The summed E-state index contributed by atoms with van der Waals surface area (Å²) >= 11 is 0. The Morgan fingerprint density at radius 2 is 1.50 bits per heavy atom. The number of carbonyl (C=O) groups is 3. The first-order valence-corrected chi connectivity index (χ1v) is 13.1. The van der Waals surface area contributed by atoms with Crippen molar-refractivity contribution in [1.29, 1.82) is 0 Å². The first kappa shape index (κ1) is 23.9. The largest absolute Gasteiger partial charge is 0.271 e. The van der Waals surface area contributed by atoms with Gasteiger partial charge in [-0.15, -0.1) is 0 Å². The van der Waals surface area contributed by atoms with Crippen molar-refractivity contribution in [2.24, 2.45) is 15.4 Å². The van der Waals surface area contributed by atoms with E-state index >= 15 is 0 Å². The molecule has 0 unspecified atom stereocenters. The summed E-state index contributed by atoms with van der Waals surface area (Å²) in [6.07, 6.45) is 0.555. The van der Waals surface area contributed by atoms with Crippen LogP contribution < -0.4 is 4.90 Å². The van der Waals surface area contributed by atoms with E-state index in [4.69, 9.17) is 5.10 Å². The van der Waals surface area contributed by atoms with E-state index in [0.29, 0.717) is 12.1 Å². The van der Waals surface area contributed by atoms with Crippen molar-refractivity contribution < 1.29 is 14.4 Å². The summed E-state index contributed by atoms with van der Waals surface area (Å²) in [5.74, 6) is -1.22. The summed E-state index contributed by atoms with van der Waals surface area (Å²) < 4.78 is 0. The van der Waals surface area contributed by atoms with Crippen LogP contribution in [0.3, 0.4) is 0 Å². The van der Waals surface area contributed by atoms with Crippen LogP contribution in [0, 0.1) is 0 Å². The lowest BCUT2D eigenvalue weighted by Gasteiger charge is -2.25. The number of hydrogen-bond acceptors (Lipinski definition) is 7. The third-order valence-electron chi connectivity index (χ3n) is 7.62. The van der Waals surface area contributed by atoms with Crippen molar-refractivity contribution >= 4 is 39.9 Å². The molecule has 7 rings (SSSR count). The maximum absolute atomic E-state index is 13.7. The molecule has 1 fully saturated rings. The lowest BCUT2D eigenvalue weighted by molar-refractivity contribution is -0.135. The predicted octanol–water partition coefficient (Wildman–Crippen LogP) is 4.51. The highest BCUT2D eigenvalue weighted by molar-refractivity contribution is 6.27. The van der Waals surface area contributed by atoms with Crippen LogP contribution in [0.25, 0.3) is 10.8 Å². The third-order valence-corrected chi connectivity index (χ3v) is 7.62. The molecule has 3 heterocycles. The van der Waals surface area contributed by atoms with E-state index in [0.717, 1.165) is 27.6 Å². The van der Waals surface area contributed by atoms with Gasteiger partial charge in [0.2, 0.25) is 0 Å². The minimum atomic E-state index is -0.994. The average molecular weight is 529 g/mol. The molecule has 0 N–H and O–H groups in total. The summed E-state index contributed by atoms with van der Waals surface area (Å²) in [7, 11) is 0. The van der Waals surface area contributed by atoms with Gasteiger partial charge in [0, 0.05) is 11.8 Å². The second kappa shape index (κ2) is 9.53. The molecule has 3 aliphatic rings. The lowest BCUT2D eigenvalue weighted by Crippen LogP contribution is -2.44. The van der Waals surface area contributed by atoms with Crippen molar-refractivity contribution in [2.45, 2.75) is 24.5 Å². The van der Waals surface area contributed by atoms with E-state index in [1.165, 1.54) is 14.9 Å². The van der Waals surface area contributed by atoms with Gasteiger partial charge in [-0.25, -0.2) is 9.91 Å². The Labute approximate surface area is 230 Å². The van der Waals surface area contributed by atoms with Gasteiger partial charge in [-0.3, -0.25) is 19.4 Å². The molecule has 3 amide bonds. The smallest absolute Gasteiger partial charge is 0.264 e. The van der Waals surface area contributed by atoms with E-state index in [1.807, 2.05) is 97.1 Å². The molecule has 0 aliphatic carbocycles. The van der Waals surface area contributed by atoms with Gasteiger partial charge in [0.15, 0.2) is 12.1 Å². The topological polar surface area (TPSA) is 98.0 Å². The molecule has 40 heavy (non-hydrogen) atoms. The highest BCUT2D eigenvalue weighted by Crippen LogP contribution is 2.37. The maximum atomic E-state index is 13.7. The molecule has 1 saturated heterocycles. The summed E-state index contributed by atoms with van der Waals surface area (Å²) in [6, 6.07) is 30.3. The molecule has 9 heteroatoms. The molecule has 0 aromatic heterocycles. The number of nitrogens with zero attached hydrogens (tertiary/aromatic N) is 6. The minimum Gasteiger partial charge on any atom is -0.271 e. The van der Waals surface area contributed by atoms with Crippen LogP contribution in [0.4, 0.5) is 5.69 Å². The van der Waals surface area contributed by atoms with Gasteiger partial charge in [-0.1, -0.05) is 102 Å². The zero-order chi connectivity index (χ0) is 27.2. The molecule has 4 aromatic carbocycles. The molecule has 0 radical (unpaired) electrons. The number of anilines is 1. The number of carbonyl (C=O) groups excluding carboxylic acids is 3. The number of imide groups is 1. The van der Waals surface area contributed by atoms with Crippen LogP contribution in [0.5, 0.6) is 0 Å². The van der Waals surface area contributed by atoms with Gasteiger partial charge in [0.25, 0.3) is 17.7 Å². The lowest BCUT2D eigenvalue weighted by atomic mass is 9.98. The fourth-order valence-electron chi connectivity index (χ4n) is 5.69. The minimum absolute atomic E-state index is 0.234. The number of benzene rings is 4. The number of rotatable bonds is 5. The molecule has 0 saturated carbocycles. The maximum Gasteiger partial charge on any atom is 0.264 e. The van der Waals surface area contributed by atoms with Crippen molar-refractivity contribution in [3.63, 3.8) is 0 Å². The fourth-order valence-corrected chi connectivity index (χ4v) is 5.69. The summed E-state index contributed by atoms with van der Waals surface area (Å²) in [6.45, 7) is -0.234. The second-order valence-electron chi connectivity index (χ2n) is 9.98. The third kappa shape index (κ3) is 3.86. The monoisotopic (exact) mass is 528 g/mol. The second-order valence-corrected chi connectivity index (χ2v) is 9.98. The molecule has 9 nitrogen and oxygen atoms in total. The van der Waals surface area contributed by atoms with E-state index in [9.17, 15) is 14.4 Å².